The summed E-state index contributed by atoms with van der Waals surface area (Å²) < 4.78 is 0. The van der Waals surface area contributed by atoms with E-state index in [-0.39, 0.29) is 0 Å². The molecule has 21 heavy (non-hydrogen) atoms. The molecule has 0 amide bonds. The van der Waals surface area contributed by atoms with Gasteiger partial charge in [-0.3, -0.25) is 4.90 Å². The Balaban J connectivity index is 1.89. The molecule has 0 aliphatic rings. The maximum absolute atomic E-state index is 4.54. The Kier molecular flexibility index (Phi) is 6.36. The molecule has 2 aromatic rings. The van der Waals surface area contributed by atoms with Crippen molar-refractivity contribution in [1.29, 1.82) is 0 Å². The molecule has 0 aliphatic carbocycles. The Morgan fingerprint density at radius 1 is 1.29 bits per heavy atom. The highest BCUT2D eigenvalue weighted by Gasteiger charge is 2.09. The average molecular weight is 324 g/mol. The Morgan fingerprint density at radius 3 is 2.76 bits per heavy atom. The zero-order valence-electron chi connectivity index (χ0n) is 13.4. The molecule has 0 atom stereocenters. The predicted molar refractivity (Wildman–Crippen MR) is 93.1 cm³/mol. The maximum atomic E-state index is 4.54. The van der Waals surface area contributed by atoms with Gasteiger partial charge >= 0.3 is 0 Å². The quantitative estimate of drug-likeness (QED) is 0.746. The molecule has 0 radical (unpaired) electrons. The number of thiazole rings is 1. The van der Waals surface area contributed by atoms with E-state index in [1.807, 2.05) is 11.3 Å². The minimum atomic E-state index is 0.920. The van der Waals surface area contributed by atoms with Gasteiger partial charge in [0, 0.05) is 34.8 Å². The third kappa shape index (κ3) is 5.18. The van der Waals surface area contributed by atoms with Crippen LogP contribution in [0.4, 0.5) is 0 Å². The standard InChI is InChI=1S/C16H25N3S2/c1-5-6-17-8-16-7-14(12(2)21-16)9-19(4)10-15-11-20-13(3)18-15/h7,11,17H,5-6,8-10H2,1-4H3. The molecule has 0 aliphatic heterocycles. The second kappa shape index (κ2) is 8.03. The number of hydrogen-bond donors (Lipinski definition) is 1. The fourth-order valence-corrected chi connectivity index (χ4v) is 3.95. The van der Waals surface area contributed by atoms with Crippen molar-refractivity contribution in [3.8, 4) is 0 Å². The van der Waals surface area contributed by atoms with Gasteiger partial charge in [0.15, 0.2) is 0 Å². The van der Waals surface area contributed by atoms with Crippen LogP contribution in [0.3, 0.4) is 0 Å². The van der Waals surface area contributed by atoms with Crippen LogP contribution in [0.25, 0.3) is 0 Å². The monoisotopic (exact) mass is 323 g/mol. The number of aromatic nitrogens is 1. The van der Waals surface area contributed by atoms with Crippen LogP contribution in [0, 0.1) is 13.8 Å². The summed E-state index contributed by atoms with van der Waals surface area (Å²) in [4.78, 5) is 9.75. The zero-order valence-corrected chi connectivity index (χ0v) is 15.0. The predicted octanol–water partition coefficient (Wildman–Crippen LogP) is 3.95. The first-order valence-electron chi connectivity index (χ1n) is 7.47. The Labute approximate surface area is 136 Å². The first-order chi connectivity index (χ1) is 10.1. The third-order valence-corrected chi connectivity index (χ3v) is 5.25. The molecular weight excluding hydrogens is 298 g/mol. The second-order valence-electron chi connectivity index (χ2n) is 5.50. The van der Waals surface area contributed by atoms with Gasteiger partial charge in [-0.15, -0.1) is 22.7 Å². The van der Waals surface area contributed by atoms with Crippen LogP contribution in [0.2, 0.25) is 0 Å². The average Bonchev–Trinajstić information content (AvgIpc) is 2.97. The van der Waals surface area contributed by atoms with E-state index in [0.717, 1.165) is 31.2 Å². The van der Waals surface area contributed by atoms with E-state index in [1.54, 1.807) is 11.3 Å². The number of nitrogens with zero attached hydrogens (tertiary/aromatic N) is 2. The Morgan fingerprint density at radius 2 is 2.10 bits per heavy atom. The molecule has 0 spiro atoms. The van der Waals surface area contributed by atoms with Crippen LogP contribution in [-0.2, 0) is 19.6 Å². The number of nitrogens with one attached hydrogen (secondary N) is 1. The lowest BCUT2D eigenvalue weighted by Crippen LogP contribution is -2.17. The van der Waals surface area contributed by atoms with Gasteiger partial charge in [0.25, 0.3) is 0 Å². The minimum absolute atomic E-state index is 0.920. The van der Waals surface area contributed by atoms with E-state index in [2.05, 4.69) is 54.5 Å². The molecule has 0 fully saturated rings. The molecular formula is C16H25N3S2. The number of thiophene rings is 1. The summed E-state index contributed by atoms with van der Waals surface area (Å²) in [5.74, 6) is 0. The summed E-state index contributed by atoms with van der Waals surface area (Å²) >= 11 is 3.64. The van der Waals surface area contributed by atoms with Crippen LogP contribution in [0.5, 0.6) is 0 Å². The normalized spacial score (nSPS) is 11.5. The van der Waals surface area contributed by atoms with Crippen molar-refractivity contribution in [3.63, 3.8) is 0 Å². The molecule has 0 saturated heterocycles. The summed E-state index contributed by atoms with van der Waals surface area (Å²) in [5.41, 5.74) is 2.63. The largest absolute Gasteiger partial charge is 0.312 e. The summed E-state index contributed by atoms with van der Waals surface area (Å²) in [5, 5.41) is 6.78. The van der Waals surface area contributed by atoms with Crippen molar-refractivity contribution in [1.82, 2.24) is 15.2 Å². The topological polar surface area (TPSA) is 28.2 Å². The molecule has 3 nitrogen and oxygen atoms in total. The van der Waals surface area contributed by atoms with E-state index in [0.29, 0.717) is 0 Å². The van der Waals surface area contributed by atoms with Crippen LogP contribution >= 0.6 is 22.7 Å². The highest BCUT2D eigenvalue weighted by atomic mass is 32.1. The first kappa shape index (κ1) is 16.6. The van der Waals surface area contributed by atoms with Crippen LogP contribution in [-0.4, -0.2) is 23.5 Å². The van der Waals surface area contributed by atoms with Crippen molar-refractivity contribution >= 4 is 22.7 Å². The lowest BCUT2D eigenvalue weighted by molar-refractivity contribution is 0.315. The lowest BCUT2D eigenvalue weighted by Gasteiger charge is -2.14. The van der Waals surface area contributed by atoms with Gasteiger partial charge in [-0.05, 0) is 45.5 Å². The van der Waals surface area contributed by atoms with Gasteiger partial charge in [-0.2, -0.15) is 0 Å². The molecule has 2 heterocycles. The van der Waals surface area contributed by atoms with Crippen LogP contribution in [0.15, 0.2) is 11.4 Å². The van der Waals surface area contributed by atoms with Gasteiger partial charge in [0.1, 0.15) is 0 Å². The van der Waals surface area contributed by atoms with Gasteiger partial charge in [-0.25, -0.2) is 4.98 Å². The smallest absolute Gasteiger partial charge is 0.0897 e. The van der Waals surface area contributed by atoms with Crippen LogP contribution < -0.4 is 5.32 Å². The van der Waals surface area contributed by atoms with Crippen molar-refractivity contribution < 1.29 is 0 Å². The van der Waals surface area contributed by atoms with E-state index >= 15 is 0 Å². The first-order valence-corrected chi connectivity index (χ1v) is 9.16. The molecule has 2 aromatic heterocycles. The van der Waals surface area contributed by atoms with Crippen molar-refractivity contribution in [2.45, 2.75) is 46.8 Å². The summed E-state index contributed by atoms with van der Waals surface area (Å²) in [7, 11) is 2.17. The van der Waals surface area contributed by atoms with Gasteiger partial charge in [0.05, 0.1) is 10.7 Å². The van der Waals surface area contributed by atoms with Crippen molar-refractivity contribution in [3.05, 3.63) is 37.5 Å². The minimum Gasteiger partial charge on any atom is -0.312 e. The lowest BCUT2D eigenvalue weighted by atomic mass is 10.2. The van der Waals surface area contributed by atoms with Gasteiger partial charge < -0.3 is 5.32 Å². The van der Waals surface area contributed by atoms with Crippen LogP contribution in [0.1, 0.15) is 39.4 Å². The molecule has 0 aromatic carbocycles. The van der Waals surface area contributed by atoms with E-state index in [4.69, 9.17) is 0 Å². The molecule has 0 saturated carbocycles. The second-order valence-corrected chi connectivity index (χ2v) is 7.90. The van der Waals surface area contributed by atoms with Crippen molar-refractivity contribution in [2.75, 3.05) is 13.6 Å². The molecule has 2 rings (SSSR count). The summed E-state index contributed by atoms with van der Waals surface area (Å²) in [6.45, 7) is 10.5. The fraction of sp³-hybridized carbons (Fsp3) is 0.562. The van der Waals surface area contributed by atoms with Gasteiger partial charge in [0.2, 0.25) is 0 Å². The van der Waals surface area contributed by atoms with E-state index in [1.165, 1.54) is 27.4 Å². The molecule has 116 valence electrons. The van der Waals surface area contributed by atoms with E-state index < -0.39 is 0 Å². The summed E-state index contributed by atoms with van der Waals surface area (Å²) in [6, 6.07) is 2.35. The highest BCUT2D eigenvalue weighted by molar-refractivity contribution is 7.12. The Hall–Kier alpha value is -0.750. The number of rotatable bonds is 8. The summed E-state index contributed by atoms with van der Waals surface area (Å²) in [6.07, 6.45) is 1.19. The number of aryl methyl sites for hydroxylation is 2. The highest BCUT2D eigenvalue weighted by Crippen LogP contribution is 2.23. The SMILES string of the molecule is CCCNCc1cc(CN(C)Cc2csc(C)n2)c(C)s1. The Bertz CT molecular complexity index is 560. The zero-order chi connectivity index (χ0) is 15.2. The third-order valence-electron chi connectivity index (χ3n) is 3.34. The fourth-order valence-electron chi connectivity index (χ4n) is 2.32. The molecule has 1 N–H and O–H groups in total. The molecule has 0 bridgehead atoms. The van der Waals surface area contributed by atoms with Crippen molar-refractivity contribution in [2.24, 2.45) is 0 Å². The van der Waals surface area contributed by atoms with E-state index in [9.17, 15) is 0 Å². The maximum Gasteiger partial charge on any atom is 0.0897 e. The molecule has 0 unspecified atom stereocenters. The van der Waals surface area contributed by atoms with Gasteiger partial charge in [-0.1, -0.05) is 6.92 Å². The number of hydrogen-bond acceptors (Lipinski definition) is 5. The molecule has 5 heteroatoms.